The Morgan fingerprint density at radius 1 is 1.42 bits per heavy atom. The zero-order valence-electron chi connectivity index (χ0n) is 11.7. The summed E-state index contributed by atoms with van der Waals surface area (Å²) in [6.45, 7) is 3.91. The smallest absolute Gasteiger partial charge is 0.223 e. The van der Waals surface area contributed by atoms with Crippen molar-refractivity contribution in [3.05, 3.63) is 23.7 Å². The van der Waals surface area contributed by atoms with E-state index in [0.717, 1.165) is 44.0 Å². The van der Waals surface area contributed by atoms with E-state index in [1.165, 1.54) is 24.8 Å². The molecule has 0 aromatic carbocycles. The van der Waals surface area contributed by atoms with Crippen LogP contribution in [0.25, 0.3) is 0 Å². The maximum Gasteiger partial charge on any atom is 0.223 e. The van der Waals surface area contributed by atoms with Gasteiger partial charge in [-0.05, 0) is 30.7 Å². The lowest BCUT2D eigenvalue weighted by molar-refractivity contribution is -0.133. The second kappa shape index (κ2) is 5.40. The number of carbonyl (C=O) groups is 1. The number of hydrogen-bond acceptors (Lipinski definition) is 2. The fourth-order valence-electron chi connectivity index (χ4n) is 3.53. The van der Waals surface area contributed by atoms with E-state index < -0.39 is 0 Å². The van der Waals surface area contributed by atoms with Crippen LogP contribution in [0, 0.1) is 11.8 Å². The number of furan rings is 1. The third-order valence-electron chi connectivity index (χ3n) is 4.86. The summed E-state index contributed by atoms with van der Waals surface area (Å²) in [5.41, 5.74) is 1.20. The zero-order chi connectivity index (χ0) is 13.2. The lowest BCUT2D eigenvalue weighted by Gasteiger charge is -2.23. The van der Waals surface area contributed by atoms with Crippen LogP contribution >= 0.6 is 0 Å². The van der Waals surface area contributed by atoms with Gasteiger partial charge in [0.1, 0.15) is 5.76 Å². The fraction of sp³-hybridized carbons (Fsp3) is 0.688. The van der Waals surface area contributed by atoms with E-state index in [1.807, 2.05) is 11.0 Å². The van der Waals surface area contributed by atoms with E-state index in [0.29, 0.717) is 11.8 Å². The van der Waals surface area contributed by atoms with Crippen molar-refractivity contribution in [2.45, 2.75) is 52.0 Å². The molecule has 1 aromatic heterocycles. The Labute approximate surface area is 115 Å². The third-order valence-corrected chi connectivity index (χ3v) is 4.86. The van der Waals surface area contributed by atoms with Gasteiger partial charge in [0.05, 0.1) is 6.26 Å². The molecule has 3 nitrogen and oxygen atoms in total. The Balaban J connectivity index is 1.63. The van der Waals surface area contributed by atoms with E-state index in [-0.39, 0.29) is 0 Å². The van der Waals surface area contributed by atoms with Crippen LogP contribution in [0.15, 0.2) is 16.7 Å². The Bertz CT molecular complexity index is 451. The van der Waals surface area contributed by atoms with E-state index in [1.54, 1.807) is 6.26 Å². The van der Waals surface area contributed by atoms with Gasteiger partial charge in [0.25, 0.3) is 0 Å². The summed E-state index contributed by atoms with van der Waals surface area (Å²) in [6, 6.07) is 2.01. The molecule has 2 heterocycles. The van der Waals surface area contributed by atoms with Gasteiger partial charge in [-0.3, -0.25) is 4.79 Å². The molecule has 0 spiro atoms. The van der Waals surface area contributed by atoms with Crippen molar-refractivity contribution in [1.29, 1.82) is 0 Å². The minimum Gasteiger partial charge on any atom is -0.469 e. The second-order valence-corrected chi connectivity index (χ2v) is 6.16. The topological polar surface area (TPSA) is 33.5 Å². The normalized spacial score (nSPS) is 27.1. The van der Waals surface area contributed by atoms with Gasteiger partial charge in [-0.1, -0.05) is 19.8 Å². The monoisotopic (exact) mass is 261 g/mol. The lowest BCUT2D eigenvalue weighted by Crippen LogP contribution is -2.32. The molecule has 19 heavy (non-hydrogen) atoms. The van der Waals surface area contributed by atoms with Crippen molar-refractivity contribution in [2.75, 3.05) is 6.54 Å². The van der Waals surface area contributed by atoms with Crippen molar-refractivity contribution in [3.63, 3.8) is 0 Å². The molecule has 3 rings (SSSR count). The first-order valence-electron chi connectivity index (χ1n) is 7.57. The first-order chi connectivity index (χ1) is 9.24. The van der Waals surface area contributed by atoms with Gasteiger partial charge in [-0.25, -0.2) is 0 Å². The molecule has 0 bridgehead atoms. The van der Waals surface area contributed by atoms with Crippen LogP contribution in [0.2, 0.25) is 0 Å². The summed E-state index contributed by atoms with van der Waals surface area (Å²) in [7, 11) is 0. The molecule has 1 aliphatic heterocycles. The van der Waals surface area contributed by atoms with Crippen LogP contribution < -0.4 is 0 Å². The predicted octanol–water partition coefficient (Wildman–Crippen LogP) is 3.38. The highest BCUT2D eigenvalue weighted by atomic mass is 16.3. The van der Waals surface area contributed by atoms with Crippen molar-refractivity contribution < 1.29 is 9.21 Å². The van der Waals surface area contributed by atoms with Crippen molar-refractivity contribution in [2.24, 2.45) is 11.8 Å². The molecule has 0 N–H and O–H groups in total. The Morgan fingerprint density at radius 3 is 3.11 bits per heavy atom. The van der Waals surface area contributed by atoms with Gasteiger partial charge >= 0.3 is 0 Å². The number of nitrogens with zero attached hydrogens (tertiary/aromatic N) is 1. The molecule has 1 aromatic rings. The number of rotatable bonds is 2. The van der Waals surface area contributed by atoms with Crippen LogP contribution in [-0.2, 0) is 17.8 Å². The van der Waals surface area contributed by atoms with E-state index >= 15 is 0 Å². The molecule has 2 atom stereocenters. The highest BCUT2D eigenvalue weighted by Crippen LogP contribution is 2.34. The summed E-state index contributed by atoms with van der Waals surface area (Å²) in [4.78, 5) is 14.5. The fourth-order valence-corrected chi connectivity index (χ4v) is 3.53. The predicted molar refractivity (Wildman–Crippen MR) is 73.6 cm³/mol. The van der Waals surface area contributed by atoms with Crippen LogP contribution in [0.5, 0.6) is 0 Å². The Morgan fingerprint density at radius 2 is 2.32 bits per heavy atom. The van der Waals surface area contributed by atoms with E-state index in [2.05, 4.69) is 6.92 Å². The highest BCUT2D eigenvalue weighted by molar-refractivity contribution is 5.76. The first kappa shape index (κ1) is 12.8. The summed E-state index contributed by atoms with van der Waals surface area (Å²) in [6.07, 6.45) is 8.30. The maximum absolute atomic E-state index is 12.5. The number of amides is 1. The maximum atomic E-state index is 12.5. The van der Waals surface area contributed by atoms with Crippen molar-refractivity contribution in [3.8, 4) is 0 Å². The molecule has 1 amide bonds. The quantitative estimate of drug-likeness (QED) is 0.817. The van der Waals surface area contributed by atoms with Gasteiger partial charge in [0.2, 0.25) is 5.91 Å². The summed E-state index contributed by atoms with van der Waals surface area (Å²) < 4.78 is 5.48. The van der Waals surface area contributed by atoms with Gasteiger partial charge in [-0.15, -0.1) is 0 Å². The average molecular weight is 261 g/mol. The molecule has 3 heteroatoms. The molecule has 1 aliphatic carbocycles. The number of aryl methyl sites for hydroxylation is 1. The van der Waals surface area contributed by atoms with Gasteiger partial charge < -0.3 is 9.32 Å². The Kier molecular flexibility index (Phi) is 3.63. The SMILES string of the molecule is C[C@H]1CCC[C@H]1CC(=O)N1CCCc2occc2C1. The summed E-state index contributed by atoms with van der Waals surface area (Å²) in [5, 5.41) is 0. The molecule has 104 valence electrons. The number of carbonyl (C=O) groups excluding carboxylic acids is 1. The van der Waals surface area contributed by atoms with Gasteiger partial charge in [-0.2, -0.15) is 0 Å². The van der Waals surface area contributed by atoms with Crippen molar-refractivity contribution >= 4 is 5.91 Å². The molecule has 0 unspecified atom stereocenters. The van der Waals surface area contributed by atoms with Crippen LogP contribution in [0.4, 0.5) is 0 Å². The van der Waals surface area contributed by atoms with Crippen LogP contribution in [0.1, 0.15) is 50.4 Å². The van der Waals surface area contributed by atoms with Gasteiger partial charge in [0, 0.05) is 31.5 Å². The Hall–Kier alpha value is -1.25. The zero-order valence-corrected chi connectivity index (χ0v) is 11.7. The summed E-state index contributed by atoms with van der Waals surface area (Å²) in [5.74, 6) is 2.75. The molecular weight excluding hydrogens is 238 g/mol. The minimum absolute atomic E-state index is 0.341. The molecule has 1 fully saturated rings. The number of hydrogen-bond donors (Lipinski definition) is 0. The summed E-state index contributed by atoms with van der Waals surface area (Å²) >= 11 is 0. The largest absolute Gasteiger partial charge is 0.469 e. The lowest BCUT2D eigenvalue weighted by atomic mass is 9.94. The highest BCUT2D eigenvalue weighted by Gasteiger charge is 2.28. The molecule has 0 saturated heterocycles. The average Bonchev–Trinajstić information content (AvgIpc) is 2.94. The van der Waals surface area contributed by atoms with Crippen LogP contribution in [0.3, 0.4) is 0 Å². The van der Waals surface area contributed by atoms with Crippen molar-refractivity contribution in [1.82, 2.24) is 4.90 Å². The standard InChI is InChI=1S/C16H23NO2/c1-12-4-2-5-13(12)10-16(18)17-8-3-6-15-14(11-17)7-9-19-15/h7,9,12-13H,2-6,8,10-11H2,1H3/t12-,13-/m0/s1. The third kappa shape index (κ3) is 2.70. The molecule has 2 aliphatic rings. The molecule has 0 radical (unpaired) electrons. The minimum atomic E-state index is 0.341. The van der Waals surface area contributed by atoms with E-state index in [9.17, 15) is 4.79 Å². The molecular formula is C16H23NO2. The first-order valence-corrected chi connectivity index (χ1v) is 7.57. The van der Waals surface area contributed by atoms with Gasteiger partial charge in [0.15, 0.2) is 0 Å². The number of fused-ring (bicyclic) bond motifs is 1. The van der Waals surface area contributed by atoms with E-state index in [4.69, 9.17) is 4.42 Å². The second-order valence-electron chi connectivity index (χ2n) is 6.16. The molecule has 1 saturated carbocycles. The van der Waals surface area contributed by atoms with Crippen LogP contribution in [-0.4, -0.2) is 17.4 Å².